The van der Waals surface area contributed by atoms with Gasteiger partial charge in [0.2, 0.25) is 11.8 Å². The van der Waals surface area contributed by atoms with Crippen molar-refractivity contribution < 1.29 is 23.9 Å². The van der Waals surface area contributed by atoms with Crippen molar-refractivity contribution in [3.05, 3.63) is 29.3 Å². The molecule has 1 aliphatic heterocycles. The SMILES string of the molecule is Cc1ccc(C)c(NC(=O)COC(=O)CN2C(=O)[C@@H]3[C@H]4C[C@@H]([C@H](Cl)[C@@H]4Cl)[C@@H]3C2=O)c1. The highest BCUT2D eigenvalue weighted by Crippen LogP contribution is 2.59. The van der Waals surface area contributed by atoms with Crippen molar-refractivity contribution in [2.45, 2.75) is 31.0 Å². The molecule has 1 N–H and O–H groups in total. The fraction of sp³-hybridized carbons (Fsp3) is 0.524. The number of aryl methyl sites for hydroxylation is 2. The molecule has 6 atom stereocenters. The number of benzene rings is 1. The number of hydrogen-bond acceptors (Lipinski definition) is 5. The number of rotatable bonds is 5. The number of carbonyl (C=O) groups excluding carboxylic acids is 4. The van der Waals surface area contributed by atoms with Crippen LogP contribution in [0.4, 0.5) is 5.69 Å². The van der Waals surface area contributed by atoms with Crippen LogP contribution in [-0.2, 0) is 23.9 Å². The average Bonchev–Trinajstić information content (AvgIpc) is 3.30. The molecule has 1 aromatic rings. The number of nitrogens with zero attached hydrogens (tertiary/aromatic N) is 1. The molecule has 9 heteroatoms. The highest BCUT2D eigenvalue weighted by Gasteiger charge is 2.66. The normalized spacial score (nSPS) is 31.8. The van der Waals surface area contributed by atoms with E-state index in [9.17, 15) is 19.2 Å². The summed E-state index contributed by atoms with van der Waals surface area (Å²) < 4.78 is 4.99. The van der Waals surface area contributed by atoms with E-state index in [1.807, 2.05) is 32.0 Å². The van der Waals surface area contributed by atoms with Crippen molar-refractivity contribution in [3.63, 3.8) is 0 Å². The molecule has 7 nitrogen and oxygen atoms in total. The molecule has 1 saturated heterocycles. The van der Waals surface area contributed by atoms with E-state index in [-0.39, 0.29) is 22.6 Å². The number of esters is 1. The Balaban J connectivity index is 1.32. The van der Waals surface area contributed by atoms with Crippen molar-refractivity contribution in [3.8, 4) is 0 Å². The molecule has 3 aliphatic rings. The molecule has 0 unspecified atom stereocenters. The van der Waals surface area contributed by atoms with Crippen LogP contribution in [0.5, 0.6) is 0 Å². The number of alkyl halides is 2. The van der Waals surface area contributed by atoms with Crippen LogP contribution in [-0.4, -0.2) is 52.5 Å². The van der Waals surface area contributed by atoms with E-state index >= 15 is 0 Å². The minimum absolute atomic E-state index is 0.148. The maximum atomic E-state index is 12.7. The largest absolute Gasteiger partial charge is 0.454 e. The number of halogens is 2. The van der Waals surface area contributed by atoms with Gasteiger partial charge in [0.15, 0.2) is 6.61 Å². The molecule has 2 bridgehead atoms. The third kappa shape index (κ3) is 3.48. The van der Waals surface area contributed by atoms with Crippen molar-refractivity contribution in [1.82, 2.24) is 4.90 Å². The van der Waals surface area contributed by atoms with Gasteiger partial charge in [-0.1, -0.05) is 12.1 Å². The Morgan fingerprint density at radius 1 is 1.10 bits per heavy atom. The Bertz CT molecular complexity index is 904. The van der Waals surface area contributed by atoms with Crippen LogP contribution in [0.15, 0.2) is 18.2 Å². The zero-order valence-corrected chi connectivity index (χ0v) is 18.1. The summed E-state index contributed by atoms with van der Waals surface area (Å²) in [6.45, 7) is 2.74. The standard InChI is InChI=1S/C21H22Cl2N2O5/c1-9-3-4-10(2)13(5-9)24-14(26)8-30-15(27)7-25-20(28)16-11-6-12(17(16)21(25)29)19(23)18(11)22/h3-5,11-12,16-19H,6-8H2,1-2H3,(H,24,26)/t11-,12-,16-,17+,18-,19+/m1/s1. The molecule has 160 valence electrons. The Morgan fingerprint density at radius 2 is 1.70 bits per heavy atom. The third-order valence-corrected chi connectivity index (χ3v) is 7.72. The quantitative estimate of drug-likeness (QED) is 0.420. The number of hydrogen-bond donors (Lipinski definition) is 1. The first kappa shape index (κ1) is 21.1. The second-order valence-corrected chi connectivity index (χ2v) is 9.30. The average molecular weight is 453 g/mol. The predicted molar refractivity (Wildman–Crippen MR) is 110 cm³/mol. The van der Waals surface area contributed by atoms with Gasteiger partial charge in [0.1, 0.15) is 6.54 Å². The molecule has 1 heterocycles. The fourth-order valence-corrected chi connectivity index (χ4v) is 5.84. The Morgan fingerprint density at radius 3 is 2.30 bits per heavy atom. The lowest BCUT2D eigenvalue weighted by molar-refractivity contribution is -0.154. The smallest absolute Gasteiger partial charge is 0.326 e. The summed E-state index contributed by atoms with van der Waals surface area (Å²) in [6.07, 6.45) is 0.659. The fourth-order valence-electron chi connectivity index (χ4n) is 4.94. The first-order valence-electron chi connectivity index (χ1n) is 9.85. The zero-order valence-electron chi connectivity index (χ0n) is 16.6. The van der Waals surface area contributed by atoms with E-state index in [4.69, 9.17) is 27.9 Å². The van der Waals surface area contributed by atoms with Crippen LogP contribution < -0.4 is 5.32 Å². The first-order chi connectivity index (χ1) is 14.2. The number of imide groups is 1. The number of amides is 3. The van der Waals surface area contributed by atoms with Crippen LogP contribution in [0.1, 0.15) is 17.5 Å². The van der Waals surface area contributed by atoms with E-state index in [0.29, 0.717) is 12.1 Å². The molecule has 0 spiro atoms. The molecule has 3 fully saturated rings. The van der Waals surface area contributed by atoms with Crippen LogP contribution in [0.25, 0.3) is 0 Å². The maximum absolute atomic E-state index is 12.7. The summed E-state index contributed by atoms with van der Waals surface area (Å²) in [7, 11) is 0. The summed E-state index contributed by atoms with van der Waals surface area (Å²) in [6, 6.07) is 5.62. The van der Waals surface area contributed by atoms with Gasteiger partial charge in [-0.2, -0.15) is 0 Å². The van der Waals surface area contributed by atoms with Crippen LogP contribution >= 0.6 is 23.2 Å². The van der Waals surface area contributed by atoms with Gasteiger partial charge in [-0.05, 0) is 49.3 Å². The summed E-state index contributed by atoms with van der Waals surface area (Å²) >= 11 is 12.6. The van der Waals surface area contributed by atoms with E-state index in [2.05, 4.69) is 5.32 Å². The van der Waals surface area contributed by atoms with Crippen LogP contribution in [0, 0.1) is 37.5 Å². The van der Waals surface area contributed by atoms with Gasteiger partial charge in [-0.15, -0.1) is 23.2 Å². The van der Waals surface area contributed by atoms with E-state index in [1.54, 1.807) is 0 Å². The van der Waals surface area contributed by atoms with E-state index < -0.39 is 48.7 Å². The first-order valence-corrected chi connectivity index (χ1v) is 10.7. The second kappa shape index (κ2) is 7.85. The van der Waals surface area contributed by atoms with Crippen molar-refractivity contribution in [2.24, 2.45) is 23.7 Å². The number of anilines is 1. The molecule has 4 rings (SSSR count). The summed E-state index contributed by atoms with van der Waals surface area (Å²) in [5.74, 6) is -3.44. The molecule has 0 aromatic heterocycles. The lowest BCUT2D eigenvalue weighted by atomic mass is 9.80. The molecule has 1 aromatic carbocycles. The Kier molecular flexibility index (Phi) is 5.53. The number of nitrogens with one attached hydrogen (secondary N) is 1. The number of fused-ring (bicyclic) bond motifs is 5. The molecule has 2 aliphatic carbocycles. The van der Waals surface area contributed by atoms with E-state index in [0.717, 1.165) is 16.0 Å². The third-order valence-electron chi connectivity index (χ3n) is 6.40. The Hall–Kier alpha value is -2.12. The highest BCUT2D eigenvalue weighted by molar-refractivity contribution is 6.31. The van der Waals surface area contributed by atoms with Gasteiger partial charge < -0.3 is 10.1 Å². The van der Waals surface area contributed by atoms with Gasteiger partial charge in [0, 0.05) is 5.69 Å². The highest BCUT2D eigenvalue weighted by atomic mass is 35.5. The molecule has 0 radical (unpaired) electrons. The van der Waals surface area contributed by atoms with Gasteiger partial charge in [0.05, 0.1) is 22.6 Å². The lowest BCUT2D eigenvalue weighted by Gasteiger charge is -2.28. The summed E-state index contributed by atoms with van der Waals surface area (Å²) in [4.78, 5) is 50.7. The van der Waals surface area contributed by atoms with Crippen molar-refractivity contribution >= 4 is 52.6 Å². The van der Waals surface area contributed by atoms with Gasteiger partial charge >= 0.3 is 5.97 Å². The summed E-state index contributed by atoms with van der Waals surface area (Å²) in [5.41, 5.74) is 2.50. The summed E-state index contributed by atoms with van der Waals surface area (Å²) in [5, 5.41) is 1.98. The predicted octanol–water partition coefficient (Wildman–Crippen LogP) is 2.25. The number of carbonyl (C=O) groups is 4. The van der Waals surface area contributed by atoms with Gasteiger partial charge in [0.25, 0.3) is 5.91 Å². The van der Waals surface area contributed by atoms with Crippen LogP contribution in [0.3, 0.4) is 0 Å². The van der Waals surface area contributed by atoms with Gasteiger partial charge in [-0.3, -0.25) is 24.1 Å². The maximum Gasteiger partial charge on any atom is 0.326 e. The zero-order chi connectivity index (χ0) is 21.7. The minimum atomic E-state index is -0.815. The molecular formula is C21H22Cl2N2O5. The Labute approximate surface area is 184 Å². The topological polar surface area (TPSA) is 92.8 Å². The van der Waals surface area contributed by atoms with Crippen molar-refractivity contribution in [1.29, 1.82) is 0 Å². The van der Waals surface area contributed by atoms with E-state index in [1.165, 1.54) is 0 Å². The monoisotopic (exact) mass is 452 g/mol. The minimum Gasteiger partial charge on any atom is -0.454 e. The number of likely N-dealkylation sites (tertiary alicyclic amines) is 1. The molecule has 30 heavy (non-hydrogen) atoms. The number of ether oxygens (including phenoxy) is 1. The van der Waals surface area contributed by atoms with Gasteiger partial charge in [-0.25, -0.2) is 0 Å². The second-order valence-electron chi connectivity index (χ2n) is 8.29. The molecule has 3 amide bonds. The van der Waals surface area contributed by atoms with Crippen molar-refractivity contribution in [2.75, 3.05) is 18.5 Å². The molecule has 2 saturated carbocycles. The van der Waals surface area contributed by atoms with Crippen LogP contribution in [0.2, 0.25) is 0 Å². The lowest BCUT2D eigenvalue weighted by Crippen LogP contribution is -2.38. The molecular weight excluding hydrogens is 431 g/mol.